The molecule has 18 heavy (non-hydrogen) atoms. The van der Waals surface area contributed by atoms with Crippen molar-refractivity contribution >= 4 is 5.78 Å². The van der Waals surface area contributed by atoms with Crippen LogP contribution in [-0.2, 0) is 4.74 Å². The second kappa shape index (κ2) is 6.55. The standard InChI is InChI=1S/C15H20O3/c1-17-14-9-5-6-12(10-14)15(16)11-18-13-7-3-2-4-8-13/h5-6,9-10,13H,2-4,7-8,11H2,1H3. The molecule has 0 aliphatic heterocycles. The number of rotatable bonds is 5. The number of ether oxygens (including phenoxy) is 2. The summed E-state index contributed by atoms with van der Waals surface area (Å²) in [5, 5.41) is 0. The maximum Gasteiger partial charge on any atom is 0.188 e. The van der Waals surface area contributed by atoms with E-state index in [0.717, 1.165) is 12.8 Å². The number of carbonyl (C=O) groups excluding carboxylic acids is 1. The van der Waals surface area contributed by atoms with E-state index in [9.17, 15) is 4.79 Å². The number of hydrogen-bond acceptors (Lipinski definition) is 3. The van der Waals surface area contributed by atoms with Gasteiger partial charge in [0.1, 0.15) is 12.4 Å². The highest BCUT2D eigenvalue weighted by molar-refractivity contribution is 5.97. The monoisotopic (exact) mass is 248 g/mol. The van der Waals surface area contributed by atoms with Gasteiger partial charge in [-0.25, -0.2) is 0 Å². The Morgan fingerprint density at radius 3 is 2.78 bits per heavy atom. The molecule has 1 saturated carbocycles. The van der Waals surface area contributed by atoms with Gasteiger partial charge in [0.05, 0.1) is 13.2 Å². The van der Waals surface area contributed by atoms with E-state index in [-0.39, 0.29) is 18.5 Å². The van der Waals surface area contributed by atoms with Gasteiger partial charge in [-0.3, -0.25) is 4.79 Å². The SMILES string of the molecule is COc1cccc(C(=O)COC2CCCCC2)c1. The number of hydrogen-bond donors (Lipinski definition) is 0. The van der Waals surface area contributed by atoms with Gasteiger partial charge in [0.25, 0.3) is 0 Å². The molecule has 1 aliphatic rings. The van der Waals surface area contributed by atoms with E-state index >= 15 is 0 Å². The van der Waals surface area contributed by atoms with E-state index < -0.39 is 0 Å². The van der Waals surface area contributed by atoms with E-state index in [0.29, 0.717) is 11.3 Å². The lowest BCUT2D eigenvalue weighted by Crippen LogP contribution is -2.21. The van der Waals surface area contributed by atoms with Crippen LogP contribution in [0.15, 0.2) is 24.3 Å². The summed E-state index contributed by atoms with van der Waals surface area (Å²) in [5.74, 6) is 0.734. The van der Waals surface area contributed by atoms with Crippen LogP contribution >= 0.6 is 0 Å². The van der Waals surface area contributed by atoms with Crippen LogP contribution in [0.2, 0.25) is 0 Å². The van der Waals surface area contributed by atoms with Crippen LogP contribution in [0, 0.1) is 0 Å². The molecular weight excluding hydrogens is 228 g/mol. The molecule has 0 spiro atoms. The molecule has 0 saturated heterocycles. The Bertz CT molecular complexity index is 394. The number of benzene rings is 1. The number of carbonyl (C=O) groups is 1. The van der Waals surface area contributed by atoms with Crippen LogP contribution in [0.4, 0.5) is 0 Å². The molecule has 0 bridgehead atoms. The average Bonchev–Trinajstić information content (AvgIpc) is 2.46. The maximum atomic E-state index is 12.0. The lowest BCUT2D eigenvalue weighted by Gasteiger charge is -2.21. The number of ketones is 1. The van der Waals surface area contributed by atoms with Gasteiger partial charge >= 0.3 is 0 Å². The third kappa shape index (κ3) is 3.57. The second-order valence-electron chi connectivity index (χ2n) is 4.73. The summed E-state index contributed by atoms with van der Waals surface area (Å²) < 4.78 is 10.8. The van der Waals surface area contributed by atoms with Gasteiger partial charge < -0.3 is 9.47 Å². The summed E-state index contributed by atoms with van der Waals surface area (Å²) in [6.07, 6.45) is 6.18. The zero-order valence-electron chi connectivity index (χ0n) is 10.9. The molecule has 1 aromatic carbocycles. The van der Waals surface area contributed by atoms with Gasteiger partial charge in [0.15, 0.2) is 5.78 Å². The van der Waals surface area contributed by atoms with Crippen molar-refractivity contribution in [2.24, 2.45) is 0 Å². The van der Waals surface area contributed by atoms with Crippen molar-refractivity contribution in [2.75, 3.05) is 13.7 Å². The van der Waals surface area contributed by atoms with Crippen LogP contribution in [-0.4, -0.2) is 25.6 Å². The zero-order valence-corrected chi connectivity index (χ0v) is 10.9. The molecule has 1 aromatic rings. The van der Waals surface area contributed by atoms with Crippen LogP contribution < -0.4 is 4.74 Å². The van der Waals surface area contributed by atoms with Crippen molar-refractivity contribution in [2.45, 2.75) is 38.2 Å². The first-order valence-electron chi connectivity index (χ1n) is 6.58. The third-order valence-electron chi connectivity index (χ3n) is 3.39. The minimum absolute atomic E-state index is 0.0273. The fourth-order valence-corrected chi connectivity index (χ4v) is 2.31. The van der Waals surface area contributed by atoms with Gasteiger partial charge in [0, 0.05) is 5.56 Å². The first kappa shape index (κ1) is 13.1. The minimum atomic E-state index is 0.0273. The molecule has 0 amide bonds. The van der Waals surface area contributed by atoms with Gasteiger partial charge in [-0.15, -0.1) is 0 Å². The van der Waals surface area contributed by atoms with E-state index in [1.165, 1.54) is 19.3 Å². The summed E-state index contributed by atoms with van der Waals surface area (Å²) in [7, 11) is 1.60. The van der Waals surface area contributed by atoms with Crippen molar-refractivity contribution in [3.8, 4) is 5.75 Å². The van der Waals surface area contributed by atoms with Crippen molar-refractivity contribution in [3.05, 3.63) is 29.8 Å². The molecule has 0 atom stereocenters. The van der Waals surface area contributed by atoms with E-state index in [4.69, 9.17) is 9.47 Å². The number of methoxy groups -OCH3 is 1. The average molecular weight is 248 g/mol. The Labute approximate surface area is 108 Å². The molecule has 1 fully saturated rings. The van der Waals surface area contributed by atoms with Crippen molar-refractivity contribution in [3.63, 3.8) is 0 Å². The first-order valence-corrected chi connectivity index (χ1v) is 6.58. The summed E-state index contributed by atoms with van der Waals surface area (Å²) in [6.45, 7) is 0.178. The van der Waals surface area contributed by atoms with Crippen LogP contribution in [0.3, 0.4) is 0 Å². The minimum Gasteiger partial charge on any atom is -0.497 e. The third-order valence-corrected chi connectivity index (χ3v) is 3.39. The van der Waals surface area contributed by atoms with Crippen LogP contribution in [0.25, 0.3) is 0 Å². The lowest BCUT2D eigenvalue weighted by molar-refractivity contribution is 0.0284. The quantitative estimate of drug-likeness (QED) is 0.750. The van der Waals surface area contributed by atoms with Crippen molar-refractivity contribution in [1.29, 1.82) is 0 Å². The Kier molecular flexibility index (Phi) is 4.76. The summed E-state index contributed by atoms with van der Waals surface area (Å²) in [6, 6.07) is 7.22. The van der Waals surface area contributed by atoms with Gasteiger partial charge in [-0.05, 0) is 25.0 Å². The summed E-state index contributed by atoms with van der Waals surface area (Å²) in [5.41, 5.74) is 0.658. The largest absolute Gasteiger partial charge is 0.497 e. The molecule has 1 aliphatic carbocycles. The Hall–Kier alpha value is -1.35. The highest BCUT2D eigenvalue weighted by Gasteiger charge is 2.16. The van der Waals surface area contributed by atoms with Gasteiger partial charge in [-0.2, -0.15) is 0 Å². The molecule has 0 radical (unpaired) electrons. The molecule has 3 nitrogen and oxygen atoms in total. The topological polar surface area (TPSA) is 35.5 Å². The van der Waals surface area contributed by atoms with Crippen molar-refractivity contribution < 1.29 is 14.3 Å². The highest BCUT2D eigenvalue weighted by Crippen LogP contribution is 2.20. The van der Waals surface area contributed by atoms with Crippen LogP contribution in [0.1, 0.15) is 42.5 Å². The van der Waals surface area contributed by atoms with Gasteiger partial charge in [0.2, 0.25) is 0 Å². The summed E-state index contributed by atoms with van der Waals surface area (Å²) >= 11 is 0. The zero-order chi connectivity index (χ0) is 12.8. The smallest absolute Gasteiger partial charge is 0.188 e. The fraction of sp³-hybridized carbons (Fsp3) is 0.533. The molecular formula is C15H20O3. The maximum absolute atomic E-state index is 12.0. The highest BCUT2D eigenvalue weighted by atomic mass is 16.5. The number of Topliss-reactive ketones (excluding diaryl/α,β-unsaturated/α-hetero) is 1. The lowest BCUT2D eigenvalue weighted by atomic mass is 9.98. The molecule has 0 aromatic heterocycles. The van der Waals surface area contributed by atoms with Gasteiger partial charge in [-0.1, -0.05) is 31.4 Å². The van der Waals surface area contributed by atoms with Crippen molar-refractivity contribution in [1.82, 2.24) is 0 Å². The molecule has 98 valence electrons. The Balaban J connectivity index is 1.86. The first-order chi connectivity index (χ1) is 8.79. The van der Waals surface area contributed by atoms with E-state index in [1.807, 2.05) is 12.1 Å². The molecule has 3 heteroatoms. The normalized spacial score (nSPS) is 16.5. The van der Waals surface area contributed by atoms with E-state index in [1.54, 1.807) is 19.2 Å². The predicted octanol–water partition coefficient (Wildman–Crippen LogP) is 3.23. The molecule has 0 unspecified atom stereocenters. The van der Waals surface area contributed by atoms with E-state index in [2.05, 4.69) is 0 Å². The molecule has 0 N–H and O–H groups in total. The molecule has 2 rings (SSSR count). The summed E-state index contributed by atoms with van der Waals surface area (Å²) in [4.78, 5) is 12.0. The fourth-order valence-electron chi connectivity index (χ4n) is 2.31. The predicted molar refractivity (Wildman–Crippen MR) is 70.1 cm³/mol. The van der Waals surface area contributed by atoms with Crippen LogP contribution in [0.5, 0.6) is 5.75 Å². The second-order valence-corrected chi connectivity index (χ2v) is 4.73. The Morgan fingerprint density at radius 1 is 1.28 bits per heavy atom. The Morgan fingerprint density at radius 2 is 2.06 bits per heavy atom. The molecule has 0 heterocycles.